The van der Waals surface area contributed by atoms with Crippen molar-refractivity contribution in [3.05, 3.63) is 45.6 Å². The zero-order valence-corrected chi connectivity index (χ0v) is 9.71. The summed E-state index contributed by atoms with van der Waals surface area (Å²) in [6.07, 6.45) is 7.36. The molecule has 66 valence electrons. The van der Waals surface area contributed by atoms with Crippen molar-refractivity contribution in [3.63, 3.8) is 0 Å². The second kappa shape index (κ2) is 4.48. The molecule has 0 heterocycles. The van der Waals surface area contributed by atoms with E-state index in [1.165, 1.54) is 5.56 Å². The average Bonchev–Trinajstić information content (AvgIpc) is 2.16. The first-order valence-electron chi connectivity index (χ1n) is 4.08. The van der Waals surface area contributed by atoms with E-state index in [0.717, 1.165) is 9.13 Å². The van der Waals surface area contributed by atoms with Crippen LogP contribution in [0.1, 0.15) is 24.0 Å². The predicted molar refractivity (Wildman–Crippen MR) is 65.7 cm³/mol. The number of benzene rings is 1. The van der Waals surface area contributed by atoms with Gasteiger partial charge in [0.25, 0.3) is 0 Å². The minimum Gasteiger partial charge on any atom is -0.115 e. The van der Waals surface area contributed by atoms with Gasteiger partial charge in [0.2, 0.25) is 0 Å². The molecule has 0 bridgehead atoms. The maximum Gasteiger partial charge on any atom is 0.0414 e. The summed E-state index contributed by atoms with van der Waals surface area (Å²) < 4.78 is 1.13. The van der Waals surface area contributed by atoms with E-state index < -0.39 is 0 Å². The van der Waals surface area contributed by atoms with Crippen LogP contribution in [0.5, 0.6) is 0 Å². The second-order valence-electron chi connectivity index (χ2n) is 2.87. The molecular weight excluding hydrogens is 271 g/mol. The van der Waals surface area contributed by atoms with E-state index in [1.807, 2.05) is 18.2 Å². The lowest BCUT2D eigenvalue weighted by atomic mass is 9.96. The van der Waals surface area contributed by atoms with Gasteiger partial charge in [-0.3, -0.25) is 0 Å². The van der Waals surface area contributed by atoms with Gasteiger partial charge in [-0.25, -0.2) is 0 Å². The van der Waals surface area contributed by atoms with Crippen LogP contribution in [-0.2, 0) is 0 Å². The average molecular weight is 282 g/mol. The molecule has 0 amide bonds. The lowest BCUT2D eigenvalue weighted by Crippen LogP contribution is -1.95. The van der Waals surface area contributed by atoms with Crippen LogP contribution in [0.2, 0.25) is 0 Å². The molecule has 1 heteroatoms. The molecule has 0 radical (unpaired) electrons. The van der Waals surface area contributed by atoms with Crippen LogP contribution < -0.4 is 0 Å². The van der Waals surface area contributed by atoms with Crippen LogP contribution in [0.4, 0.5) is 0 Å². The maximum atomic E-state index is 5.45. The Morgan fingerprint density at radius 1 is 1.62 bits per heavy atom. The van der Waals surface area contributed by atoms with Crippen molar-refractivity contribution in [2.45, 2.75) is 12.8 Å². The number of allylic oxidation sites excluding steroid dienone is 1. The summed E-state index contributed by atoms with van der Waals surface area (Å²) in [7, 11) is 0. The van der Waals surface area contributed by atoms with Crippen LogP contribution >= 0.6 is 22.6 Å². The van der Waals surface area contributed by atoms with Crippen molar-refractivity contribution in [1.82, 2.24) is 0 Å². The molecule has 0 saturated carbocycles. The Morgan fingerprint density at radius 3 is 2.85 bits per heavy atom. The summed E-state index contributed by atoms with van der Waals surface area (Å²) in [5, 5.41) is 0. The Hall–Kier alpha value is -0.750. The molecule has 0 spiro atoms. The summed E-state index contributed by atoms with van der Waals surface area (Å²) in [4.78, 5) is 0. The van der Waals surface area contributed by atoms with E-state index in [2.05, 4.69) is 48.1 Å². The Kier molecular flexibility index (Phi) is 3.56. The molecular formula is C12H11I. The van der Waals surface area contributed by atoms with Gasteiger partial charge in [-0.15, -0.1) is 13.0 Å². The van der Waals surface area contributed by atoms with Crippen molar-refractivity contribution in [2.24, 2.45) is 0 Å². The summed E-state index contributed by atoms with van der Waals surface area (Å²) in [6.45, 7) is 5.87. The van der Waals surface area contributed by atoms with Crippen LogP contribution in [0.15, 0.2) is 30.9 Å². The number of hydrogen-bond donors (Lipinski definition) is 0. The molecule has 0 N–H and O–H groups in total. The lowest BCUT2D eigenvalue weighted by Gasteiger charge is -2.10. The molecule has 1 aromatic rings. The SMILES string of the molecule is C#Cc1c(I)cccc1C(C)C=C. The zero-order chi connectivity index (χ0) is 9.84. The molecule has 1 unspecified atom stereocenters. The molecule has 0 fully saturated rings. The molecule has 0 aromatic heterocycles. The predicted octanol–water partition coefficient (Wildman–Crippen LogP) is 3.56. The van der Waals surface area contributed by atoms with E-state index >= 15 is 0 Å². The van der Waals surface area contributed by atoms with Crippen molar-refractivity contribution in [3.8, 4) is 12.3 Å². The topological polar surface area (TPSA) is 0 Å². The summed E-state index contributed by atoms with van der Waals surface area (Å²) in [6, 6.07) is 6.11. The Morgan fingerprint density at radius 2 is 2.31 bits per heavy atom. The molecule has 0 aliphatic rings. The Balaban J connectivity index is 3.29. The van der Waals surface area contributed by atoms with Crippen molar-refractivity contribution in [2.75, 3.05) is 0 Å². The number of rotatable bonds is 2. The molecule has 0 aliphatic heterocycles. The monoisotopic (exact) mass is 282 g/mol. The lowest BCUT2D eigenvalue weighted by molar-refractivity contribution is 0.964. The first kappa shape index (κ1) is 10.3. The number of terminal acetylenes is 1. The third-order valence-corrected chi connectivity index (χ3v) is 2.93. The maximum absolute atomic E-state index is 5.45. The van der Waals surface area contributed by atoms with Crippen LogP contribution in [0, 0.1) is 15.9 Å². The van der Waals surface area contributed by atoms with E-state index in [-0.39, 0.29) is 0 Å². The molecule has 0 saturated heterocycles. The minimum absolute atomic E-state index is 0.320. The van der Waals surface area contributed by atoms with Gasteiger partial charge in [0, 0.05) is 9.13 Å². The van der Waals surface area contributed by atoms with Crippen LogP contribution in [0.25, 0.3) is 0 Å². The van der Waals surface area contributed by atoms with E-state index in [9.17, 15) is 0 Å². The highest BCUT2D eigenvalue weighted by atomic mass is 127. The van der Waals surface area contributed by atoms with E-state index in [0.29, 0.717) is 5.92 Å². The summed E-state index contributed by atoms with van der Waals surface area (Å²) in [5.74, 6) is 3.04. The Labute approximate surface area is 93.2 Å². The zero-order valence-electron chi connectivity index (χ0n) is 7.55. The van der Waals surface area contributed by atoms with Gasteiger partial charge in [0.1, 0.15) is 0 Å². The standard InChI is InChI=1S/C12H11I/c1-4-9(3)11-7-6-8-12(13)10(11)5-2/h2,4,6-9H,1H2,3H3. The van der Waals surface area contributed by atoms with Gasteiger partial charge in [-0.1, -0.05) is 31.1 Å². The van der Waals surface area contributed by atoms with E-state index in [4.69, 9.17) is 6.42 Å². The van der Waals surface area contributed by atoms with Crippen molar-refractivity contribution < 1.29 is 0 Å². The van der Waals surface area contributed by atoms with E-state index in [1.54, 1.807) is 0 Å². The van der Waals surface area contributed by atoms with Crippen molar-refractivity contribution in [1.29, 1.82) is 0 Å². The first-order valence-corrected chi connectivity index (χ1v) is 5.16. The van der Waals surface area contributed by atoms with Gasteiger partial charge in [-0.2, -0.15) is 0 Å². The quantitative estimate of drug-likeness (QED) is 0.442. The fraction of sp³-hybridized carbons (Fsp3) is 0.167. The molecule has 1 aromatic carbocycles. The number of hydrogen-bond acceptors (Lipinski definition) is 0. The largest absolute Gasteiger partial charge is 0.115 e. The summed E-state index contributed by atoms with van der Waals surface area (Å²) >= 11 is 2.26. The second-order valence-corrected chi connectivity index (χ2v) is 4.03. The van der Waals surface area contributed by atoms with Crippen LogP contribution in [-0.4, -0.2) is 0 Å². The normalized spacial score (nSPS) is 11.8. The molecule has 0 aliphatic carbocycles. The fourth-order valence-electron chi connectivity index (χ4n) is 1.20. The van der Waals surface area contributed by atoms with Gasteiger partial charge in [0.05, 0.1) is 0 Å². The molecule has 1 atom stereocenters. The minimum atomic E-state index is 0.320. The molecule has 0 nitrogen and oxygen atoms in total. The van der Waals surface area contributed by atoms with Crippen LogP contribution in [0.3, 0.4) is 0 Å². The van der Waals surface area contributed by atoms with Gasteiger partial charge in [-0.05, 0) is 40.1 Å². The van der Waals surface area contributed by atoms with Gasteiger partial charge < -0.3 is 0 Å². The highest BCUT2D eigenvalue weighted by Crippen LogP contribution is 2.23. The molecule has 13 heavy (non-hydrogen) atoms. The van der Waals surface area contributed by atoms with Gasteiger partial charge in [0.15, 0.2) is 0 Å². The fourth-order valence-corrected chi connectivity index (χ4v) is 1.87. The highest BCUT2D eigenvalue weighted by Gasteiger charge is 2.07. The summed E-state index contributed by atoms with van der Waals surface area (Å²) in [5.41, 5.74) is 2.18. The third-order valence-electron chi connectivity index (χ3n) is 2.03. The number of halogens is 1. The third kappa shape index (κ3) is 2.13. The smallest absolute Gasteiger partial charge is 0.0414 e. The highest BCUT2D eigenvalue weighted by molar-refractivity contribution is 14.1. The Bertz CT molecular complexity index is 358. The van der Waals surface area contributed by atoms with Gasteiger partial charge >= 0.3 is 0 Å². The first-order chi connectivity index (χ1) is 6.20. The van der Waals surface area contributed by atoms with Crippen molar-refractivity contribution >= 4 is 22.6 Å². The molecule has 1 rings (SSSR count).